The number of benzene rings is 1. The third-order valence-corrected chi connectivity index (χ3v) is 7.13. The van der Waals surface area contributed by atoms with Gasteiger partial charge in [0.15, 0.2) is 16.6 Å². The number of nitrogens with one attached hydrogen (secondary N) is 1. The van der Waals surface area contributed by atoms with Crippen LogP contribution in [0, 0.1) is 0 Å². The van der Waals surface area contributed by atoms with E-state index in [2.05, 4.69) is 50.2 Å². The molecule has 4 heterocycles. The van der Waals surface area contributed by atoms with E-state index in [0.29, 0.717) is 11.2 Å². The van der Waals surface area contributed by atoms with E-state index in [4.69, 9.17) is 21.7 Å². The van der Waals surface area contributed by atoms with Crippen molar-refractivity contribution in [2.75, 3.05) is 11.7 Å². The zero-order chi connectivity index (χ0) is 21.5. The highest BCUT2D eigenvalue weighted by Crippen LogP contribution is 2.45. The van der Waals surface area contributed by atoms with Crippen molar-refractivity contribution in [1.82, 2.24) is 14.9 Å². The van der Waals surface area contributed by atoms with E-state index in [1.165, 1.54) is 37.8 Å². The minimum atomic E-state index is -0.0497. The van der Waals surface area contributed by atoms with Crippen molar-refractivity contribution in [2.24, 2.45) is 0 Å². The van der Waals surface area contributed by atoms with Crippen LogP contribution in [0.15, 0.2) is 60.9 Å². The molecule has 6 nitrogen and oxygen atoms in total. The first-order valence-electron chi connectivity index (χ1n) is 11.4. The lowest BCUT2D eigenvalue weighted by Gasteiger charge is -2.32. The van der Waals surface area contributed by atoms with E-state index in [1.807, 2.05) is 30.5 Å². The zero-order valence-corrected chi connectivity index (χ0v) is 18.6. The maximum atomic E-state index is 5.88. The number of pyridine rings is 1. The van der Waals surface area contributed by atoms with Crippen molar-refractivity contribution in [1.29, 1.82) is 0 Å². The minimum absolute atomic E-state index is 0.0188. The van der Waals surface area contributed by atoms with Crippen LogP contribution < -0.4 is 19.7 Å². The molecule has 0 unspecified atom stereocenters. The average Bonchev–Trinajstić information content (AvgIpc) is 3.57. The molecule has 2 fully saturated rings. The van der Waals surface area contributed by atoms with Gasteiger partial charge in [0.05, 0.1) is 11.7 Å². The number of hydrogen-bond acceptors (Lipinski definition) is 4. The van der Waals surface area contributed by atoms with E-state index < -0.39 is 0 Å². The Morgan fingerprint density at radius 3 is 2.69 bits per heavy atom. The molecule has 3 aliphatic rings. The number of anilines is 1. The van der Waals surface area contributed by atoms with Crippen LogP contribution in [0.1, 0.15) is 61.6 Å². The fourth-order valence-corrected chi connectivity index (χ4v) is 5.66. The monoisotopic (exact) mass is 446 g/mol. The summed E-state index contributed by atoms with van der Waals surface area (Å²) in [7, 11) is 0. The Hall–Kier alpha value is -3.06. The summed E-state index contributed by atoms with van der Waals surface area (Å²) in [4.78, 5) is 6.89. The van der Waals surface area contributed by atoms with E-state index in [1.54, 1.807) is 0 Å². The van der Waals surface area contributed by atoms with Crippen LogP contribution in [-0.2, 0) is 0 Å². The van der Waals surface area contributed by atoms with Gasteiger partial charge in [-0.15, -0.1) is 0 Å². The van der Waals surface area contributed by atoms with Gasteiger partial charge in [-0.25, -0.2) is 0 Å². The molecule has 0 radical (unpaired) electrons. The third-order valence-electron chi connectivity index (χ3n) is 6.82. The van der Waals surface area contributed by atoms with Crippen LogP contribution in [0.2, 0.25) is 0 Å². The van der Waals surface area contributed by atoms with Gasteiger partial charge >= 0.3 is 0 Å². The van der Waals surface area contributed by atoms with Crippen LogP contribution in [0.3, 0.4) is 0 Å². The van der Waals surface area contributed by atoms with E-state index in [9.17, 15) is 0 Å². The fraction of sp³-hybridized carbons (Fsp3) is 0.360. The van der Waals surface area contributed by atoms with Gasteiger partial charge in [-0.2, -0.15) is 0 Å². The summed E-state index contributed by atoms with van der Waals surface area (Å²) < 4.78 is 13.7. The third kappa shape index (κ3) is 3.32. The second-order valence-corrected chi connectivity index (χ2v) is 9.05. The van der Waals surface area contributed by atoms with Crippen LogP contribution in [0.25, 0.3) is 0 Å². The Balaban J connectivity index is 1.46. The fourth-order valence-electron chi connectivity index (χ4n) is 5.32. The second kappa shape index (κ2) is 8.13. The van der Waals surface area contributed by atoms with Gasteiger partial charge in [-0.3, -0.25) is 4.98 Å². The lowest BCUT2D eigenvalue weighted by Crippen LogP contribution is -2.31. The van der Waals surface area contributed by atoms with Crippen molar-refractivity contribution in [2.45, 2.75) is 50.2 Å². The molecule has 1 saturated carbocycles. The molecular weight excluding hydrogens is 420 g/mol. The number of nitrogens with zero attached hydrogens (tertiary/aromatic N) is 3. The number of hydrogen-bond donors (Lipinski definition) is 1. The predicted molar refractivity (Wildman–Crippen MR) is 127 cm³/mol. The summed E-state index contributed by atoms with van der Waals surface area (Å²) in [5.41, 5.74) is 3.24. The van der Waals surface area contributed by atoms with Gasteiger partial charge in [0.25, 0.3) is 0 Å². The summed E-state index contributed by atoms with van der Waals surface area (Å²) in [5.74, 6) is 1.53. The standard InChI is InChI=1S/C25H26N4O2S/c32-25-27-23(19-9-4-5-13-26-19)24(20-10-6-14-28(20)17-7-2-1-3-8-17)29(25)18-11-12-21-22(15-18)31-16-30-21/h4-6,9-15,17,23-24H,1-3,7-8,16H2,(H,27,32)/t23-,24-/m0/s1. The SMILES string of the molecule is S=C1N[C@@H](c2ccccn2)[C@H](c2cccn2C2CCCCC2)N1c1ccc2c(c1)OCO2. The van der Waals surface area contributed by atoms with Gasteiger partial charge in [-0.1, -0.05) is 25.3 Å². The quantitative estimate of drug-likeness (QED) is 0.550. The lowest BCUT2D eigenvalue weighted by atomic mass is 9.94. The first-order chi connectivity index (χ1) is 15.8. The molecule has 1 saturated heterocycles. The lowest BCUT2D eigenvalue weighted by molar-refractivity contribution is 0.174. The highest BCUT2D eigenvalue weighted by atomic mass is 32.1. The molecular formula is C25H26N4O2S. The van der Waals surface area contributed by atoms with Crippen molar-refractivity contribution in [3.8, 4) is 11.5 Å². The smallest absolute Gasteiger partial charge is 0.231 e. The molecule has 0 amide bonds. The summed E-state index contributed by atoms with van der Waals surface area (Å²) >= 11 is 5.88. The molecule has 32 heavy (non-hydrogen) atoms. The van der Waals surface area contributed by atoms with Crippen LogP contribution in [0.4, 0.5) is 5.69 Å². The van der Waals surface area contributed by atoms with Crippen molar-refractivity contribution >= 4 is 23.0 Å². The summed E-state index contributed by atoms with van der Waals surface area (Å²) in [6.07, 6.45) is 10.5. The first-order valence-corrected chi connectivity index (χ1v) is 11.8. The van der Waals surface area contributed by atoms with Gasteiger partial charge in [-0.05, 0) is 61.5 Å². The molecule has 2 atom stereocenters. The molecule has 3 aromatic rings. The average molecular weight is 447 g/mol. The Morgan fingerprint density at radius 1 is 0.969 bits per heavy atom. The molecule has 7 heteroatoms. The molecule has 0 bridgehead atoms. The Labute approximate surface area is 193 Å². The number of aromatic nitrogens is 2. The summed E-state index contributed by atoms with van der Waals surface area (Å²) in [5, 5.41) is 4.26. The topological polar surface area (TPSA) is 51.6 Å². The summed E-state index contributed by atoms with van der Waals surface area (Å²) in [6, 6.07) is 17.0. The first kappa shape index (κ1) is 19.6. The number of thiocarbonyl (C=S) groups is 1. The normalized spacial score (nSPS) is 22.9. The molecule has 2 aliphatic heterocycles. The van der Waals surface area contributed by atoms with Crippen molar-refractivity contribution in [3.05, 3.63) is 72.3 Å². The molecule has 1 N–H and O–H groups in total. The van der Waals surface area contributed by atoms with E-state index in [0.717, 1.165) is 22.9 Å². The molecule has 1 aromatic carbocycles. The molecule has 2 aromatic heterocycles. The molecule has 164 valence electrons. The highest BCUT2D eigenvalue weighted by molar-refractivity contribution is 7.80. The molecule has 0 spiro atoms. The minimum Gasteiger partial charge on any atom is -0.454 e. The second-order valence-electron chi connectivity index (χ2n) is 8.67. The zero-order valence-electron chi connectivity index (χ0n) is 17.8. The Morgan fingerprint density at radius 2 is 1.84 bits per heavy atom. The van der Waals surface area contributed by atoms with Crippen LogP contribution in [0.5, 0.6) is 11.5 Å². The van der Waals surface area contributed by atoms with Gasteiger partial charge in [0.2, 0.25) is 6.79 Å². The van der Waals surface area contributed by atoms with Crippen LogP contribution in [-0.4, -0.2) is 21.5 Å². The van der Waals surface area contributed by atoms with Crippen molar-refractivity contribution < 1.29 is 9.47 Å². The maximum absolute atomic E-state index is 5.88. The van der Waals surface area contributed by atoms with Crippen molar-refractivity contribution in [3.63, 3.8) is 0 Å². The molecule has 1 aliphatic carbocycles. The number of rotatable bonds is 4. The van der Waals surface area contributed by atoms with E-state index >= 15 is 0 Å². The maximum Gasteiger partial charge on any atom is 0.231 e. The summed E-state index contributed by atoms with van der Waals surface area (Å²) in [6.45, 7) is 0.256. The largest absolute Gasteiger partial charge is 0.454 e. The number of fused-ring (bicyclic) bond motifs is 1. The Kier molecular flexibility index (Phi) is 4.98. The Bertz CT molecular complexity index is 1130. The molecule has 6 rings (SSSR count). The van der Waals surface area contributed by atoms with Gasteiger partial charge in [0.1, 0.15) is 6.04 Å². The number of ether oxygens (including phenoxy) is 2. The highest BCUT2D eigenvalue weighted by Gasteiger charge is 2.43. The van der Waals surface area contributed by atoms with Crippen LogP contribution >= 0.6 is 12.2 Å². The van der Waals surface area contributed by atoms with E-state index in [-0.39, 0.29) is 18.9 Å². The van der Waals surface area contributed by atoms with Gasteiger partial charge < -0.3 is 24.3 Å². The predicted octanol–water partition coefficient (Wildman–Crippen LogP) is 5.29. The van der Waals surface area contributed by atoms with Gasteiger partial charge in [0, 0.05) is 35.9 Å².